The SMILES string of the molecule is CCOC(C)(CC)C(Cc1ccc(C)cc1Cl)NC. The number of nitrogens with one attached hydrogen (secondary N) is 1. The van der Waals surface area contributed by atoms with Crippen molar-refractivity contribution < 1.29 is 4.74 Å². The zero-order chi connectivity index (χ0) is 14.5. The Morgan fingerprint density at radius 1 is 1.37 bits per heavy atom. The van der Waals surface area contributed by atoms with Gasteiger partial charge in [0.1, 0.15) is 0 Å². The Bertz CT molecular complexity index is 408. The number of halogens is 1. The summed E-state index contributed by atoms with van der Waals surface area (Å²) in [4.78, 5) is 0. The van der Waals surface area contributed by atoms with Crippen LogP contribution in [0.2, 0.25) is 5.02 Å². The maximum atomic E-state index is 6.33. The van der Waals surface area contributed by atoms with Crippen LogP contribution in [0, 0.1) is 6.92 Å². The first kappa shape index (κ1) is 16.5. The standard InChI is InChI=1S/C16H26ClNO/c1-6-16(4,19-7-2)15(18-5)11-13-9-8-12(3)10-14(13)17/h8-10,15,18H,6-7,11H2,1-5H3. The van der Waals surface area contributed by atoms with E-state index in [1.807, 2.05) is 20.0 Å². The molecule has 1 aromatic carbocycles. The number of aryl methyl sites for hydroxylation is 1. The molecule has 1 N–H and O–H groups in total. The molecule has 0 saturated carbocycles. The highest BCUT2D eigenvalue weighted by molar-refractivity contribution is 6.31. The van der Waals surface area contributed by atoms with Gasteiger partial charge in [-0.15, -0.1) is 0 Å². The molecule has 3 heteroatoms. The van der Waals surface area contributed by atoms with E-state index in [1.54, 1.807) is 0 Å². The van der Waals surface area contributed by atoms with Crippen LogP contribution in [-0.2, 0) is 11.2 Å². The van der Waals surface area contributed by atoms with Gasteiger partial charge in [-0.3, -0.25) is 0 Å². The van der Waals surface area contributed by atoms with Crippen LogP contribution in [0.1, 0.15) is 38.3 Å². The van der Waals surface area contributed by atoms with E-state index in [2.05, 4.69) is 38.2 Å². The third kappa shape index (κ3) is 4.20. The summed E-state index contributed by atoms with van der Waals surface area (Å²) in [6, 6.07) is 6.49. The van der Waals surface area contributed by atoms with Crippen LogP contribution in [0.25, 0.3) is 0 Å². The third-order valence-corrected chi connectivity index (χ3v) is 4.25. The topological polar surface area (TPSA) is 21.3 Å². The summed E-state index contributed by atoms with van der Waals surface area (Å²) >= 11 is 6.33. The molecule has 108 valence electrons. The summed E-state index contributed by atoms with van der Waals surface area (Å²) in [5.74, 6) is 0. The monoisotopic (exact) mass is 283 g/mol. The van der Waals surface area contributed by atoms with E-state index < -0.39 is 0 Å². The fraction of sp³-hybridized carbons (Fsp3) is 0.625. The average Bonchev–Trinajstić information content (AvgIpc) is 2.38. The molecule has 0 fully saturated rings. The summed E-state index contributed by atoms with van der Waals surface area (Å²) in [7, 11) is 1.99. The lowest BCUT2D eigenvalue weighted by molar-refractivity contribution is -0.0534. The minimum absolute atomic E-state index is 0.169. The number of ether oxygens (including phenoxy) is 1. The molecule has 0 radical (unpaired) electrons. The van der Waals surface area contributed by atoms with E-state index in [0.717, 1.165) is 24.5 Å². The van der Waals surface area contributed by atoms with Crippen molar-refractivity contribution in [2.24, 2.45) is 0 Å². The van der Waals surface area contributed by atoms with Crippen molar-refractivity contribution in [3.63, 3.8) is 0 Å². The molecule has 2 unspecified atom stereocenters. The van der Waals surface area contributed by atoms with E-state index in [0.29, 0.717) is 0 Å². The quantitative estimate of drug-likeness (QED) is 0.817. The molecule has 0 amide bonds. The van der Waals surface area contributed by atoms with Crippen LogP contribution in [0.5, 0.6) is 0 Å². The van der Waals surface area contributed by atoms with Crippen LogP contribution in [-0.4, -0.2) is 25.3 Å². The Kier molecular flexibility index (Phi) is 6.31. The van der Waals surface area contributed by atoms with Crippen molar-refractivity contribution in [1.82, 2.24) is 5.32 Å². The predicted molar refractivity (Wildman–Crippen MR) is 83.1 cm³/mol. The molecule has 2 nitrogen and oxygen atoms in total. The van der Waals surface area contributed by atoms with E-state index >= 15 is 0 Å². The van der Waals surface area contributed by atoms with Gasteiger partial charge in [0.15, 0.2) is 0 Å². The molecule has 1 rings (SSSR count). The number of benzene rings is 1. The molecule has 0 aliphatic rings. The maximum absolute atomic E-state index is 6.33. The Morgan fingerprint density at radius 3 is 2.53 bits per heavy atom. The Hall–Kier alpha value is -0.570. The minimum Gasteiger partial charge on any atom is -0.374 e. The number of hydrogen-bond acceptors (Lipinski definition) is 2. The van der Waals surface area contributed by atoms with Gasteiger partial charge in [0.25, 0.3) is 0 Å². The van der Waals surface area contributed by atoms with Crippen molar-refractivity contribution in [2.75, 3.05) is 13.7 Å². The first-order valence-corrected chi connectivity index (χ1v) is 7.40. The second-order valence-electron chi connectivity index (χ2n) is 5.24. The summed E-state index contributed by atoms with van der Waals surface area (Å²) in [6.45, 7) is 9.15. The van der Waals surface area contributed by atoms with E-state index in [4.69, 9.17) is 16.3 Å². The fourth-order valence-corrected chi connectivity index (χ4v) is 2.75. The molecule has 0 spiro atoms. The smallest absolute Gasteiger partial charge is 0.0807 e. The Morgan fingerprint density at radius 2 is 2.05 bits per heavy atom. The largest absolute Gasteiger partial charge is 0.374 e. The molecule has 0 heterocycles. The van der Waals surface area contributed by atoms with Crippen LogP contribution < -0.4 is 5.32 Å². The van der Waals surface area contributed by atoms with Crippen molar-refractivity contribution in [3.8, 4) is 0 Å². The molecule has 1 aromatic rings. The van der Waals surface area contributed by atoms with E-state index in [9.17, 15) is 0 Å². The molecule has 0 saturated heterocycles. The van der Waals surface area contributed by atoms with E-state index in [1.165, 1.54) is 11.1 Å². The second kappa shape index (κ2) is 7.28. The lowest BCUT2D eigenvalue weighted by Gasteiger charge is -2.37. The average molecular weight is 284 g/mol. The van der Waals surface area contributed by atoms with Gasteiger partial charge >= 0.3 is 0 Å². The normalized spacial score (nSPS) is 16.1. The second-order valence-corrected chi connectivity index (χ2v) is 5.65. The molecule has 0 bridgehead atoms. The van der Waals surface area contributed by atoms with Gasteiger partial charge in [-0.1, -0.05) is 30.7 Å². The number of hydrogen-bond donors (Lipinski definition) is 1. The number of rotatable bonds is 7. The van der Waals surface area contributed by atoms with Crippen LogP contribution in [0.4, 0.5) is 0 Å². The van der Waals surface area contributed by atoms with Crippen LogP contribution in [0.3, 0.4) is 0 Å². The minimum atomic E-state index is -0.169. The van der Waals surface area contributed by atoms with Gasteiger partial charge in [0.05, 0.1) is 5.60 Å². The van der Waals surface area contributed by atoms with Gasteiger partial charge in [0, 0.05) is 17.7 Å². The van der Waals surface area contributed by atoms with Crippen molar-refractivity contribution >= 4 is 11.6 Å². The lowest BCUT2D eigenvalue weighted by Crippen LogP contribution is -2.50. The first-order valence-electron chi connectivity index (χ1n) is 7.03. The maximum Gasteiger partial charge on any atom is 0.0807 e. The Balaban J connectivity index is 2.92. The summed E-state index contributed by atoms with van der Waals surface area (Å²) in [5, 5.41) is 4.23. The fourth-order valence-electron chi connectivity index (χ4n) is 2.44. The highest BCUT2D eigenvalue weighted by Gasteiger charge is 2.32. The van der Waals surface area contributed by atoms with Crippen molar-refractivity contribution in [2.45, 2.75) is 52.2 Å². The third-order valence-electron chi connectivity index (χ3n) is 3.89. The molecule has 0 aliphatic carbocycles. The first-order chi connectivity index (χ1) is 8.96. The van der Waals surface area contributed by atoms with Crippen LogP contribution >= 0.6 is 11.6 Å². The van der Waals surface area contributed by atoms with Crippen LogP contribution in [0.15, 0.2) is 18.2 Å². The zero-order valence-corrected chi connectivity index (χ0v) is 13.5. The van der Waals surface area contributed by atoms with E-state index in [-0.39, 0.29) is 11.6 Å². The summed E-state index contributed by atoms with van der Waals surface area (Å²) in [5.41, 5.74) is 2.20. The summed E-state index contributed by atoms with van der Waals surface area (Å²) in [6.07, 6.45) is 1.84. The summed E-state index contributed by atoms with van der Waals surface area (Å²) < 4.78 is 5.96. The highest BCUT2D eigenvalue weighted by Crippen LogP contribution is 2.26. The molecule has 0 aromatic heterocycles. The van der Waals surface area contributed by atoms with Crippen molar-refractivity contribution in [1.29, 1.82) is 0 Å². The Labute approximate surface area is 122 Å². The van der Waals surface area contributed by atoms with Crippen molar-refractivity contribution in [3.05, 3.63) is 34.3 Å². The molecule has 2 atom stereocenters. The zero-order valence-electron chi connectivity index (χ0n) is 12.7. The molecular formula is C16H26ClNO. The van der Waals surface area contributed by atoms with Gasteiger partial charge in [-0.25, -0.2) is 0 Å². The molecular weight excluding hydrogens is 258 g/mol. The molecule has 19 heavy (non-hydrogen) atoms. The number of likely N-dealkylation sites (N-methyl/N-ethyl adjacent to an activating group) is 1. The van der Waals surface area contributed by atoms with Gasteiger partial charge in [-0.2, -0.15) is 0 Å². The predicted octanol–water partition coefficient (Wildman–Crippen LogP) is 3.98. The van der Waals surface area contributed by atoms with Gasteiger partial charge < -0.3 is 10.1 Å². The molecule has 0 aliphatic heterocycles. The van der Waals surface area contributed by atoms with Gasteiger partial charge in [-0.05, 0) is 57.9 Å². The van der Waals surface area contributed by atoms with Gasteiger partial charge in [0.2, 0.25) is 0 Å². The highest BCUT2D eigenvalue weighted by atomic mass is 35.5. The lowest BCUT2D eigenvalue weighted by atomic mass is 9.88.